The molecule has 0 saturated carbocycles. The van der Waals surface area contributed by atoms with Crippen LogP contribution in [-0.2, 0) is 6.18 Å². The average Bonchev–Trinajstić information content (AvgIpc) is 2.28. The molecule has 0 fully saturated rings. The van der Waals surface area contributed by atoms with Crippen LogP contribution in [-0.4, -0.2) is 0 Å². The van der Waals surface area contributed by atoms with Gasteiger partial charge in [0.15, 0.2) is 5.43 Å². The van der Waals surface area contributed by atoms with Gasteiger partial charge >= 0.3 is 6.18 Å². The summed E-state index contributed by atoms with van der Waals surface area (Å²) in [7, 11) is 0. The van der Waals surface area contributed by atoms with Crippen molar-refractivity contribution in [1.82, 2.24) is 0 Å². The first-order valence-corrected chi connectivity index (χ1v) is 4.89. The zero-order valence-corrected chi connectivity index (χ0v) is 9.13. The number of rotatable bonds is 0. The highest BCUT2D eigenvalue weighted by Gasteiger charge is 2.35. The van der Waals surface area contributed by atoms with Crippen LogP contribution in [0.1, 0.15) is 16.9 Å². The Balaban J connectivity index is 2.92. The Bertz CT molecular complexity index is 723. The fraction of sp³-hybridized carbons (Fsp3) is 0.167. The largest absolute Gasteiger partial charge is 0.451 e. The van der Waals surface area contributed by atoms with E-state index in [4.69, 9.17) is 5.26 Å². The first-order chi connectivity index (χ1) is 8.34. The van der Waals surface area contributed by atoms with E-state index in [-0.39, 0.29) is 16.5 Å². The van der Waals surface area contributed by atoms with E-state index in [1.54, 1.807) is 13.0 Å². The Kier molecular flexibility index (Phi) is 2.62. The highest BCUT2D eigenvalue weighted by atomic mass is 19.4. The summed E-state index contributed by atoms with van der Waals surface area (Å²) in [5, 5.41) is 8.80. The van der Waals surface area contributed by atoms with Crippen LogP contribution < -0.4 is 5.43 Å². The molecular formula is C12H6F3NO2. The molecule has 0 aliphatic carbocycles. The SMILES string of the molecule is Cc1ccc2oc(C(F)(F)F)cc(=O)c2c1C#N. The van der Waals surface area contributed by atoms with Gasteiger partial charge in [0.05, 0.1) is 10.9 Å². The average molecular weight is 253 g/mol. The minimum absolute atomic E-state index is 0.0370. The molecule has 0 N–H and O–H groups in total. The Morgan fingerprint density at radius 3 is 2.56 bits per heavy atom. The molecule has 0 amide bonds. The Morgan fingerprint density at radius 2 is 2.00 bits per heavy atom. The summed E-state index contributed by atoms with van der Waals surface area (Å²) < 4.78 is 42.0. The number of nitrogens with zero attached hydrogens (tertiary/aromatic N) is 1. The smallest absolute Gasteiger partial charge is 0.449 e. The standard InChI is InChI=1S/C12H6F3NO2/c1-6-2-3-9-11(7(6)5-16)8(17)4-10(18-9)12(13,14)15/h2-4H,1H3. The van der Waals surface area contributed by atoms with E-state index in [1.165, 1.54) is 12.1 Å². The summed E-state index contributed by atoms with van der Waals surface area (Å²) in [4.78, 5) is 11.7. The van der Waals surface area contributed by atoms with Crippen LogP contribution in [0.3, 0.4) is 0 Å². The molecule has 0 unspecified atom stereocenters. The summed E-state index contributed by atoms with van der Waals surface area (Å²) in [5.74, 6) is -1.37. The van der Waals surface area contributed by atoms with E-state index in [9.17, 15) is 18.0 Å². The first kappa shape index (κ1) is 12.2. The molecule has 0 aliphatic heterocycles. The third-order valence-electron chi connectivity index (χ3n) is 2.50. The van der Waals surface area contributed by atoms with Crippen LogP contribution in [0.4, 0.5) is 13.2 Å². The second-order valence-corrected chi connectivity index (χ2v) is 3.72. The quantitative estimate of drug-likeness (QED) is 0.725. The minimum atomic E-state index is -4.73. The van der Waals surface area contributed by atoms with Gasteiger partial charge in [-0.1, -0.05) is 6.07 Å². The molecule has 2 aromatic rings. The van der Waals surface area contributed by atoms with Crippen molar-refractivity contribution in [2.24, 2.45) is 0 Å². The van der Waals surface area contributed by atoms with Crippen molar-refractivity contribution in [1.29, 1.82) is 5.26 Å². The van der Waals surface area contributed by atoms with E-state index in [2.05, 4.69) is 4.42 Å². The molecule has 92 valence electrons. The molecule has 1 aromatic carbocycles. The van der Waals surface area contributed by atoms with Crippen LogP contribution in [0.25, 0.3) is 11.0 Å². The molecule has 1 aromatic heterocycles. The van der Waals surface area contributed by atoms with Crippen molar-refractivity contribution < 1.29 is 17.6 Å². The normalized spacial score (nSPS) is 11.5. The molecule has 0 spiro atoms. The van der Waals surface area contributed by atoms with Crippen LogP contribution in [0.15, 0.2) is 27.4 Å². The number of alkyl halides is 3. The molecule has 0 bridgehead atoms. The number of fused-ring (bicyclic) bond motifs is 1. The van der Waals surface area contributed by atoms with Crippen molar-refractivity contribution in [3.63, 3.8) is 0 Å². The van der Waals surface area contributed by atoms with E-state index in [0.29, 0.717) is 11.6 Å². The van der Waals surface area contributed by atoms with E-state index in [0.717, 1.165) is 0 Å². The number of nitriles is 1. The van der Waals surface area contributed by atoms with Crippen LogP contribution >= 0.6 is 0 Å². The van der Waals surface area contributed by atoms with Crippen molar-refractivity contribution in [3.8, 4) is 6.07 Å². The van der Waals surface area contributed by atoms with E-state index < -0.39 is 17.4 Å². The number of halogens is 3. The van der Waals surface area contributed by atoms with E-state index in [1.807, 2.05) is 0 Å². The number of hydrogen-bond acceptors (Lipinski definition) is 3. The maximum Gasteiger partial charge on any atom is 0.449 e. The predicted octanol–water partition coefficient (Wildman–Crippen LogP) is 2.99. The number of benzene rings is 1. The summed E-state index contributed by atoms with van der Waals surface area (Å²) in [6, 6.07) is 4.85. The highest BCUT2D eigenvalue weighted by Crippen LogP contribution is 2.30. The minimum Gasteiger partial charge on any atom is -0.451 e. The first-order valence-electron chi connectivity index (χ1n) is 4.89. The van der Waals surface area contributed by atoms with Gasteiger partial charge in [-0.2, -0.15) is 18.4 Å². The zero-order chi connectivity index (χ0) is 13.5. The van der Waals surface area contributed by atoms with Gasteiger partial charge in [0, 0.05) is 6.07 Å². The number of aryl methyl sites for hydroxylation is 1. The van der Waals surface area contributed by atoms with Gasteiger partial charge in [0.25, 0.3) is 0 Å². The monoisotopic (exact) mass is 253 g/mol. The molecule has 0 saturated heterocycles. The molecule has 1 heterocycles. The molecule has 2 rings (SSSR count). The van der Waals surface area contributed by atoms with Gasteiger partial charge in [0.1, 0.15) is 11.7 Å². The topological polar surface area (TPSA) is 54.0 Å². The van der Waals surface area contributed by atoms with Gasteiger partial charge in [-0.3, -0.25) is 4.79 Å². The number of hydrogen-bond donors (Lipinski definition) is 0. The zero-order valence-electron chi connectivity index (χ0n) is 9.13. The molecule has 3 nitrogen and oxygen atoms in total. The Labute approximate surface area is 99.1 Å². The molecule has 0 radical (unpaired) electrons. The Hall–Kier alpha value is -2.29. The third kappa shape index (κ3) is 1.84. The highest BCUT2D eigenvalue weighted by molar-refractivity contribution is 5.84. The molecule has 0 aliphatic rings. The lowest BCUT2D eigenvalue weighted by atomic mass is 10.0. The van der Waals surface area contributed by atoms with Crippen molar-refractivity contribution in [2.45, 2.75) is 13.1 Å². The van der Waals surface area contributed by atoms with Gasteiger partial charge in [-0.15, -0.1) is 0 Å². The lowest BCUT2D eigenvalue weighted by Crippen LogP contribution is -2.12. The van der Waals surface area contributed by atoms with Crippen molar-refractivity contribution in [3.05, 3.63) is 45.3 Å². The fourth-order valence-electron chi connectivity index (χ4n) is 1.64. The second-order valence-electron chi connectivity index (χ2n) is 3.72. The lowest BCUT2D eigenvalue weighted by molar-refractivity contribution is -0.152. The van der Waals surface area contributed by atoms with Gasteiger partial charge in [0.2, 0.25) is 5.76 Å². The van der Waals surface area contributed by atoms with Gasteiger partial charge in [-0.25, -0.2) is 0 Å². The molecule has 18 heavy (non-hydrogen) atoms. The summed E-state index contributed by atoms with van der Waals surface area (Å²) >= 11 is 0. The summed E-state index contributed by atoms with van der Waals surface area (Å²) in [6.45, 7) is 1.59. The Morgan fingerprint density at radius 1 is 1.33 bits per heavy atom. The summed E-state index contributed by atoms with van der Waals surface area (Å²) in [5.41, 5.74) is -0.562. The van der Waals surface area contributed by atoms with Crippen LogP contribution in [0.5, 0.6) is 0 Å². The second kappa shape index (κ2) is 3.88. The van der Waals surface area contributed by atoms with Crippen LogP contribution in [0.2, 0.25) is 0 Å². The van der Waals surface area contributed by atoms with Crippen molar-refractivity contribution in [2.75, 3.05) is 0 Å². The lowest BCUT2D eigenvalue weighted by Gasteiger charge is -2.07. The summed E-state index contributed by atoms with van der Waals surface area (Å²) in [6.07, 6.45) is -4.73. The van der Waals surface area contributed by atoms with Crippen molar-refractivity contribution >= 4 is 11.0 Å². The molecule has 6 heteroatoms. The van der Waals surface area contributed by atoms with Gasteiger partial charge < -0.3 is 4.42 Å². The molecule has 0 atom stereocenters. The third-order valence-corrected chi connectivity index (χ3v) is 2.50. The van der Waals surface area contributed by atoms with Gasteiger partial charge in [-0.05, 0) is 18.6 Å². The van der Waals surface area contributed by atoms with Crippen LogP contribution in [0, 0.1) is 18.3 Å². The maximum absolute atomic E-state index is 12.5. The predicted molar refractivity (Wildman–Crippen MR) is 56.9 cm³/mol. The van der Waals surface area contributed by atoms with E-state index >= 15 is 0 Å². The fourth-order valence-corrected chi connectivity index (χ4v) is 1.64. The maximum atomic E-state index is 12.5. The molecular weight excluding hydrogens is 247 g/mol.